The predicted molar refractivity (Wildman–Crippen MR) is 109 cm³/mol. The van der Waals surface area contributed by atoms with Gasteiger partial charge >= 0.3 is 0 Å². The smallest absolute Gasteiger partial charge is 0.262 e. The summed E-state index contributed by atoms with van der Waals surface area (Å²) < 4.78 is 34.0. The molecule has 28 heavy (non-hydrogen) atoms. The zero-order valence-corrected chi connectivity index (χ0v) is 17.3. The number of piperidine rings is 1. The topological polar surface area (TPSA) is 75.7 Å². The van der Waals surface area contributed by atoms with E-state index in [0.29, 0.717) is 35.7 Å². The highest BCUT2D eigenvalue weighted by atomic mass is 32.2. The number of anilines is 1. The maximum Gasteiger partial charge on any atom is 0.262 e. The number of hydrogen-bond donors (Lipinski definition) is 1. The number of para-hydroxylation sites is 1. The Kier molecular flexibility index (Phi) is 5.93. The van der Waals surface area contributed by atoms with E-state index in [1.165, 1.54) is 6.07 Å². The monoisotopic (exact) mass is 402 g/mol. The summed E-state index contributed by atoms with van der Waals surface area (Å²) >= 11 is 0. The van der Waals surface area contributed by atoms with E-state index < -0.39 is 10.0 Å². The van der Waals surface area contributed by atoms with Crippen molar-refractivity contribution >= 4 is 21.6 Å². The Bertz CT molecular complexity index is 980. The second-order valence-corrected chi connectivity index (χ2v) is 8.67. The number of amides is 1. The molecule has 1 heterocycles. The molecule has 0 aromatic heterocycles. The summed E-state index contributed by atoms with van der Waals surface area (Å²) in [6.07, 6.45) is 3.07. The largest absolute Gasteiger partial charge is 0.496 e. The number of nitrogens with one attached hydrogen (secondary N) is 1. The molecule has 1 aliphatic heterocycles. The number of benzene rings is 2. The summed E-state index contributed by atoms with van der Waals surface area (Å²) in [6, 6.07) is 9.93. The third kappa shape index (κ3) is 3.99. The van der Waals surface area contributed by atoms with Crippen molar-refractivity contribution in [2.24, 2.45) is 0 Å². The van der Waals surface area contributed by atoms with Crippen molar-refractivity contribution in [3.63, 3.8) is 0 Å². The summed E-state index contributed by atoms with van der Waals surface area (Å²) in [7, 11) is -2.30. The Labute approximate surface area is 166 Å². The van der Waals surface area contributed by atoms with Gasteiger partial charge in [0.2, 0.25) is 0 Å². The number of sulfonamides is 1. The lowest BCUT2D eigenvalue weighted by molar-refractivity contribution is 0.0725. The van der Waals surface area contributed by atoms with Crippen molar-refractivity contribution in [1.29, 1.82) is 0 Å². The first-order valence-corrected chi connectivity index (χ1v) is 10.9. The molecule has 1 N–H and O–H groups in total. The Morgan fingerprint density at radius 3 is 2.36 bits per heavy atom. The molecule has 7 heteroatoms. The fourth-order valence-electron chi connectivity index (χ4n) is 3.51. The standard InChI is InChI=1S/C21H26N2O4S/c1-15-16(2)20(12-11-19(15)27-3)28(25,26)22-18-10-6-5-9-17(18)21(24)23-13-7-4-8-14-23/h5-6,9-12,22H,4,7-8,13-14H2,1-3H3. The molecule has 1 amide bonds. The van der Waals surface area contributed by atoms with Gasteiger partial charge in [-0.1, -0.05) is 12.1 Å². The number of ether oxygens (including phenoxy) is 1. The highest BCUT2D eigenvalue weighted by Crippen LogP contribution is 2.29. The minimum Gasteiger partial charge on any atom is -0.496 e. The second-order valence-electron chi connectivity index (χ2n) is 7.02. The molecular weight excluding hydrogens is 376 g/mol. The third-order valence-electron chi connectivity index (χ3n) is 5.24. The van der Waals surface area contributed by atoms with Crippen molar-refractivity contribution in [2.75, 3.05) is 24.9 Å². The van der Waals surface area contributed by atoms with E-state index in [2.05, 4.69) is 4.72 Å². The first-order valence-electron chi connectivity index (χ1n) is 9.40. The van der Waals surface area contributed by atoms with Crippen LogP contribution in [0.15, 0.2) is 41.3 Å². The lowest BCUT2D eigenvalue weighted by atomic mass is 10.1. The van der Waals surface area contributed by atoms with Gasteiger partial charge in [0.25, 0.3) is 15.9 Å². The van der Waals surface area contributed by atoms with Crippen LogP contribution in [-0.4, -0.2) is 39.4 Å². The van der Waals surface area contributed by atoms with Gasteiger partial charge in [-0.2, -0.15) is 0 Å². The van der Waals surface area contributed by atoms with Crippen LogP contribution in [0.4, 0.5) is 5.69 Å². The molecule has 6 nitrogen and oxygen atoms in total. The van der Waals surface area contributed by atoms with Gasteiger partial charge in [-0.3, -0.25) is 9.52 Å². The lowest BCUT2D eigenvalue weighted by Gasteiger charge is -2.27. The van der Waals surface area contributed by atoms with Crippen LogP contribution in [0.3, 0.4) is 0 Å². The van der Waals surface area contributed by atoms with Crippen LogP contribution >= 0.6 is 0 Å². The quantitative estimate of drug-likeness (QED) is 0.827. The second kappa shape index (κ2) is 8.22. The fourth-order valence-corrected chi connectivity index (χ4v) is 4.89. The molecule has 0 bridgehead atoms. The summed E-state index contributed by atoms with van der Waals surface area (Å²) in [4.78, 5) is 14.9. The van der Waals surface area contributed by atoms with Crippen LogP contribution in [0.1, 0.15) is 40.7 Å². The van der Waals surface area contributed by atoms with Crippen LogP contribution in [0.5, 0.6) is 5.75 Å². The Morgan fingerprint density at radius 1 is 1.00 bits per heavy atom. The van der Waals surface area contributed by atoms with Gasteiger partial charge in [0.1, 0.15) is 5.75 Å². The van der Waals surface area contributed by atoms with Gasteiger partial charge in [-0.15, -0.1) is 0 Å². The molecule has 0 atom stereocenters. The number of carbonyl (C=O) groups excluding carboxylic acids is 1. The normalized spacial score (nSPS) is 14.6. The predicted octanol–water partition coefficient (Wildman–Crippen LogP) is 3.74. The Morgan fingerprint density at radius 2 is 1.68 bits per heavy atom. The Balaban J connectivity index is 1.93. The van der Waals surface area contributed by atoms with E-state index in [1.54, 1.807) is 49.3 Å². The minimum atomic E-state index is -3.85. The van der Waals surface area contributed by atoms with Crippen molar-refractivity contribution < 1.29 is 17.9 Å². The zero-order valence-electron chi connectivity index (χ0n) is 16.5. The van der Waals surface area contributed by atoms with E-state index in [0.717, 1.165) is 24.8 Å². The number of hydrogen-bond acceptors (Lipinski definition) is 4. The minimum absolute atomic E-state index is 0.138. The summed E-state index contributed by atoms with van der Waals surface area (Å²) in [5, 5.41) is 0. The van der Waals surface area contributed by atoms with Crippen molar-refractivity contribution in [3.8, 4) is 5.75 Å². The number of likely N-dealkylation sites (tertiary alicyclic amines) is 1. The zero-order chi connectivity index (χ0) is 20.3. The van der Waals surface area contributed by atoms with Gasteiger partial charge < -0.3 is 9.64 Å². The van der Waals surface area contributed by atoms with E-state index in [4.69, 9.17) is 4.74 Å². The summed E-state index contributed by atoms with van der Waals surface area (Å²) in [6.45, 7) is 4.98. The molecule has 0 unspecified atom stereocenters. The van der Waals surface area contributed by atoms with Crippen LogP contribution in [0, 0.1) is 13.8 Å². The molecule has 0 saturated carbocycles. The average molecular weight is 403 g/mol. The molecule has 2 aromatic rings. The molecule has 1 fully saturated rings. The molecule has 2 aromatic carbocycles. The van der Waals surface area contributed by atoms with Gasteiger partial charge in [0.05, 0.1) is 23.3 Å². The number of carbonyl (C=O) groups is 1. The van der Waals surface area contributed by atoms with E-state index in [-0.39, 0.29) is 10.8 Å². The summed E-state index contributed by atoms with van der Waals surface area (Å²) in [5.74, 6) is 0.498. The van der Waals surface area contributed by atoms with Crippen LogP contribution in [-0.2, 0) is 10.0 Å². The van der Waals surface area contributed by atoms with Gasteiger partial charge in [-0.25, -0.2) is 8.42 Å². The number of nitrogens with zero attached hydrogens (tertiary/aromatic N) is 1. The lowest BCUT2D eigenvalue weighted by Crippen LogP contribution is -2.36. The maximum atomic E-state index is 13.0. The number of rotatable bonds is 5. The van der Waals surface area contributed by atoms with Crippen molar-refractivity contribution in [3.05, 3.63) is 53.1 Å². The first kappa shape index (κ1) is 20.2. The molecule has 0 radical (unpaired) electrons. The molecule has 3 rings (SSSR count). The molecular formula is C21H26N2O4S. The van der Waals surface area contributed by atoms with Gasteiger partial charge in [-0.05, 0) is 68.5 Å². The van der Waals surface area contributed by atoms with E-state index in [9.17, 15) is 13.2 Å². The van der Waals surface area contributed by atoms with E-state index >= 15 is 0 Å². The summed E-state index contributed by atoms with van der Waals surface area (Å²) in [5.41, 5.74) is 2.05. The third-order valence-corrected chi connectivity index (χ3v) is 6.75. The van der Waals surface area contributed by atoms with Crippen molar-refractivity contribution in [2.45, 2.75) is 38.0 Å². The highest BCUT2D eigenvalue weighted by molar-refractivity contribution is 7.92. The first-order chi connectivity index (χ1) is 13.3. The van der Waals surface area contributed by atoms with Crippen LogP contribution in [0.2, 0.25) is 0 Å². The highest BCUT2D eigenvalue weighted by Gasteiger charge is 2.24. The molecule has 150 valence electrons. The van der Waals surface area contributed by atoms with Crippen LogP contribution in [0.25, 0.3) is 0 Å². The molecule has 0 spiro atoms. The van der Waals surface area contributed by atoms with Crippen molar-refractivity contribution in [1.82, 2.24) is 4.90 Å². The van der Waals surface area contributed by atoms with Crippen LogP contribution < -0.4 is 9.46 Å². The fraction of sp³-hybridized carbons (Fsp3) is 0.381. The molecule has 1 saturated heterocycles. The Hall–Kier alpha value is -2.54. The van der Waals surface area contributed by atoms with E-state index in [1.807, 2.05) is 6.92 Å². The SMILES string of the molecule is COc1ccc(S(=O)(=O)Nc2ccccc2C(=O)N2CCCCC2)c(C)c1C. The number of methoxy groups -OCH3 is 1. The van der Waals surface area contributed by atoms with Gasteiger partial charge in [0, 0.05) is 13.1 Å². The maximum absolute atomic E-state index is 13.0. The molecule has 1 aliphatic rings. The van der Waals surface area contributed by atoms with Gasteiger partial charge in [0.15, 0.2) is 0 Å². The average Bonchev–Trinajstić information content (AvgIpc) is 2.70. The molecule has 0 aliphatic carbocycles.